The highest BCUT2D eigenvalue weighted by molar-refractivity contribution is 5.33. The summed E-state index contributed by atoms with van der Waals surface area (Å²) in [6.07, 6.45) is -0.237. The van der Waals surface area contributed by atoms with Gasteiger partial charge >= 0.3 is 17.8 Å². The van der Waals surface area contributed by atoms with Crippen molar-refractivity contribution in [3.63, 3.8) is 0 Å². The minimum atomic E-state index is -0.237. The highest BCUT2D eigenvalue weighted by Gasteiger charge is 2.24. The van der Waals surface area contributed by atoms with Crippen molar-refractivity contribution in [3.05, 3.63) is 5.21 Å². The Morgan fingerprint density at radius 2 is 2.09 bits per heavy atom. The molecule has 0 fully saturated rings. The van der Waals surface area contributed by atoms with Crippen molar-refractivity contribution in [3.8, 4) is 12.0 Å². The molecule has 1 aromatic heterocycles. The molecule has 0 saturated carbocycles. The minimum absolute atomic E-state index is 0.0955. The number of anilines is 1. The van der Waals surface area contributed by atoms with Crippen LogP contribution in [0.1, 0.15) is 0 Å². The molecule has 62 valence electrons. The average Bonchev–Trinajstić information content (AvgIpc) is 2.26. The summed E-state index contributed by atoms with van der Waals surface area (Å²) in [5, 5.41) is 10.9. The third-order valence-corrected chi connectivity index (χ3v) is 1.13. The molecule has 2 N–H and O–H groups in total. The van der Waals surface area contributed by atoms with E-state index >= 15 is 0 Å². The topological polar surface area (TPSA) is 84.6 Å². The van der Waals surface area contributed by atoms with Crippen LogP contribution >= 0.6 is 0 Å². The Labute approximate surface area is 62.7 Å². The van der Waals surface area contributed by atoms with E-state index in [0.29, 0.717) is 4.73 Å². The number of ether oxygens (including phenoxy) is 2. The molecule has 0 radical (unpaired) electrons. The molecule has 0 atom stereocenters. The van der Waals surface area contributed by atoms with Gasteiger partial charge in [-0.15, -0.1) is 0 Å². The van der Waals surface area contributed by atoms with Gasteiger partial charge in [-0.2, -0.15) is 0 Å². The van der Waals surface area contributed by atoms with Crippen LogP contribution in [0.2, 0.25) is 0 Å². The summed E-state index contributed by atoms with van der Waals surface area (Å²) in [5.41, 5.74) is 5.24. The van der Waals surface area contributed by atoms with Crippen LogP contribution in [-0.4, -0.2) is 14.2 Å². The van der Waals surface area contributed by atoms with Crippen LogP contribution < -0.4 is 19.9 Å². The van der Waals surface area contributed by atoms with E-state index < -0.39 is 0 Å². The second-order valence-electron chi connectivity index (χ2n) is 1.74. The highest BCUT2D eigenvalue weighted by atomic mass is 16.7. The number of rotatable bonds is 2. The predicted octanol–water partition coefficient (Wildman–Crippen LogP) is -0.488. The average molecular weight is 160 g/mol. The fraction of sp³-hybridized carbons (Fsp3) is 0.400. The lowest BCUT2D eigenvalue weighted by molar-refractivity contribution is -0.622. The Morgan fingerprint density at radius 3 is 2.36 bits per heavy atom. The predicted molar refractivity (Wildman–Crippen MR) is 35.2 cm³/mol. The van der Waals surface area contributed by atoms with E-state index in [4.69, 9.17) is 5.73 Å². The number of oxazole rings is 1. The van der Waals surface area contributed by atoms with E-state index in [0.717, 1.165) is 0 Å². The van der Waals surface area contributed by atoms with Crippen LogP contribution in [0.4, 0.5) is 5.88 Å². The van der Waals surface area contributed by atoms with Crippen molar-refractivity contribution in [2.75, 3.05) is 20.0 Å². The zero-order valence-corrected chi connectivity index (χ0v) is 6.16. The van der Waals surface area contributed by atoms with Gasteiger partial charge < -0.3 is 24.8 Å². The van der Waals surface area contributed by atoms with Crippen LogP contribution in [0.5, 0.6) is 12.0 Å². The highest BCUT2D eigenvalue weighted by Crippen LogP contribution is 2.22. The summed E-state index contributed by atoms with van der Waals surface area (Å²) in [5.74, 6) is -0.193. The Bertz CT molecular complexity index is 257. The zero-order chi connectivity index (χ0) is 8.43. The first-order valence-corrected chi connectivity index (χ1v) is 2.80. The Kier molecular flexibility index (Phi) is 1.75. The Hall–Kier alpha value is -1.59. The normalized spacial score (nSPS) is 9.64. The summed E-state index contributed by atoms with van der Waals surface area (Å²) >= 11 is 0. The van der Waals surface area contributed by atoms with E-state index in [2.05, 4.69) is 13.9 Å². The van der Waals surface area contributed by atoms with Crippen LogP contribution in [0, 0.1) is 5.21 Å². The molecule has 0 unspecified atom stereocenters. The second-order valence-corrected chi connectivity index (χ2v) is 1.74. The minimum Gasteiger partial charge on any atom is -0.611 e. The molecule has 0 spiro atoms. The van der Waals surface area contributed by atoms with E-state index in [9.17, 15) is 5.21 Å². The van der Waals surface area contributed by atoms with Crippen LogP contribution in [0.25, 0.3) is 0 Å². The summed E-state index contributed by atoms with van der Waals surface area (Å²) in [6.45, 7) is 0. The fourth-order valence-corrected chi connectivity index (χ4v) is 0.670. The number of nitrogen functional groups attached to an aromatic ring is 1. The van der Waals surface area contributed by atoms with Gasteiger partial charge in [-0.25, -0.2) is 0 Å². The number of aromatic nitrogens is 1. The maximum Gasteiger partial charge on any atom is 0.577 e. The number of methoxy groups -OCH3 is 2. The van der Waals surface area contributed by atoms with E-state index in [1.54, 1.807) is 0 Å². The number of nitrogens with two attached hydrogens (primary N) is 1. The summed E-state index contributed by atoms with van der Waals surface area (Å²) in [4.78, 5) is 0. The molecule has 0 aliphatic carbocycles. The molecular formula is C5H8N2O4. The van der Waals surface area contributed by atoms with E-state index in [-0.39, 0.29) is 17.8 Å². The molecule has 0 aromatic carbocycles. The second kappa shape index (κ2) is 2.57. The maximum absolute atomic E-state index is 10.9. The van der Waals surface area contributed by atoms with Crippen molar-refractivity contribution in [2.45, 2.75) is 0 Å². The SMILES string of the molecule is COc1oc(N)c(OC)[n+]1[O-]. The first-order valence-electron chi connectivity index (χ1n) is 2.80. The van der Waals surface area contributed by atoms with Gasteiger partial charge in [-0.3, -0.25) is 0 Å². The van der Waals surface area contributed by atoms with Gasteiger partial charge in [0.05, 0.1) is 14.2 Å². The molecule has 11 heavy (non-hydrogen) atoms. The standard InChI is InChI=1S/C5H8N2O4/c1-9-4-3(6)11-5(10-2)7(4)8/h6H2,1-2H3. The van der Waals surface area contributed by atoms with Gasteiger partial charge in [0.2, 0.25) is 0 Å². The molecule has 0 aliphatic rings. The largest absolute Gasteiger partial charge is 0.611 e. The molecular weight excluding hydrogens is 152 g/mol. The lowest BCUT2D eigenvalue weighted by Crippen LogP contribution is -2.27. The van der Waals surface area contributed by atoms with Crippen LogP contribution in [-0.2, 0) is 0 Å². The van der Waals surface area contributed by atoms with Crippen LogP contribution in [0.15, 0.2) is 4.42 Å². The number of nitrogens with zero attached hydrogens (tertiary/aromatic N) is 1. The molecule has 1 aromatic rings. The quantitative estimate of drug-likeness (QED) is 0.466. The van der Waals surface area contributed by atoms with E-state index in [1.165, 1.54) is 14.2 Å². The molecule has 0 bridgehead atoms. The smallest absolute Gasteiger partial charge is 0.577 e. The molecule has 0 amide bonds. The first kappa shape index (κ1) is 7.52. The van der Waals surface area contributed by atoms with Gasteiger partial charge in [-0.1, -0.05) is 4.73 Å². The fourth-order valence-electron chi connectivity index (χ4n) is 0.670. The third kappa shape index (κ3) is 1.02. The molecule has 1 heterocycles. The molecule has 6 nitrogen and oxygen atoms in total. The maximum atomic E-state index is 10.9. The summed E-state index contributed by atoms with van der Waals surface area (Å²) in [7, 11) is 2.61. The van der Waals surface area contributed by atoms with E-state index in [1.807, 2.05) is 0 Å². The molecule has 0 aliphatic heterocycles. The van der Waals surface area contributed by atoms with Crippen LogP contribution in [0.3, 0.4) is 0 Å². The Morgan fingerprint density at radius 1 is 1.45 bits per heavy atom. The first-order chi connectivity index (χ1) is 5.20. The van der Waals surface area contributed by atoms with Gasteiger partial charge in [0.15, 0.2) is 0 Å². The lowest BCUT2D eigenvalue weighted by atomic mass is 10.8. The van der Waals surface area contributed by atoms with Gasteiger partial charge in [-0.05, 0) is 0 Å². The molecule has 0 saturated heterocycles. The van der Waals surface area contributed by atoms with Crippen molar-refractivity contribution >= 4 is 5.88 Å². The molecule has 6 heteroatoms. The third-order valence-electron chi connectivity index (χ3n) is 1.13. The van der Waals surface area contributed by atoms with Crippen molar-refractivity contribution in [1.82, 2.24) is 0 Å². The van der Waals surface area contributed by atoms with Gasteiger partial charge in [0, 0.05) is 0 Å². The lowest BCUT2D eigenvalue weighted by Gasteiger charge is -1.94. The Balaban J connectivity index is 3.14. The van der Waals surface area contributed by atoms with Crippen molar-refractivity contribution < 1.29 is 18.6 Å². The number of hydrogen-bond donors (Lipinski definition) is 1. The summed E-state index contributed by atoms with van der Waals surface area (Å²) < 4.78 is 14.1. The van der Waals surface area contributed by atoms with Crippen molar-refractivity contribution in [1.29, 1.82) is 0 Å². The van der Waals surface area contributed by atoms with Gasteiger partial charge in [0.25, 0.3) is 0 Å². The molecule has 1 rings (SSSR count). The zero-order valence-electron chi connectivity index (χ0n) is 6.16. The summed E-state index contributed by atoms with van der Waals surface area (Å²) in [6, 6.07) is 0. The van der Waals surface area contributed by atoms with Crippen molar-refractivity contribution in [2.24, 2.45) is 0 Å². The number of hydrogen-bond acceptors (Lipinski definition) is 5. The van der Waals surface area contributed by atoms with Gasteiger partial charge in [0.1, 0.15) is 0 Å². The monoisotopic (exact) mass is 160 g/mol.